The third-order valence-corrected chi connectivity index (χ3v) is 2.57. The van der Waals surface area contributed by atoms with Crippen LogP contribution in [-0.2, 0) is 4.79 Å². The van der Waals surface area contributed by atoms with Crippen LogP contribution in [0.4, 0.5) is 5.82 Å². The second kappa shape index (κ2) is 4.95. The van der Waals surface area contributed by atoms with Crippen LogP contribution < -0.4 is 5.32 Å². The lowest BCUT2D eigenvalue weighted by atomic mass is 10.1. The van der Waals surface area contributed by atoms with E-state index in [2.05, 4.69) is 20.3 Å². The van der Waals surface area contributed by atoms with E-state index < -0.39 is 12.0 Å². The van der Waals surface area contributed by atoms with E-state index in [-0.39, 0.29) is 5.92 Å². The highest BCUT2D eigenvalue weighted by Crippen LogP contribution is 2.14. The molecule has 1 atom stereocenters. The van der Waals surface area contributed by atoms with Gasteiger partial charge in [0.05, 0.1) is 0 Å². The summed E-state index contributed by atoms with van der Waals surface area (Å²) in [6.07, 6.45) is 3.14. The molecule has 0 spiro atoms. The molecule has 1 unspecified atom stereocenters. The fraction of sp³-hybridized carbons (Fsp3) is 0.333. The Morgan fingerprint density at radius 3 is 2.67 bits per heavy atom. The minimum absolute atomic E-state index is 0.0399. The smallest absolute Gasteiger partial charge is 0.326 e. The summed E-state index contributed by atoms with van der Waals surface area (Å²) in [5, 5.41) is 12.0. The summed E-state index contributed by atoms with van der Waals surface area (Å²) in [5.74, 6) is -0.447. The van der Waals surface area contributed by atoms with Crippen molar-refractivity contribution in [1.29, 1.82) is 0 Å². The molecule has 94 valence electrons. The Morgan fingerprint density at radius 1 is 1.28 bits per heavy atom. The van der Waals surface area contributed by atoms with E-state index in [0.717, 1.165) is 0 Å². The number of anilines is 1. The van der Waals surface area contributed by atoms with Gasteiger partial charge in [0.25, 0.3) is 0 Å². The van der Waals surface area contributed by atoms with Gasteiger partial charge in [-0.25, -0.2) is 14.8 Å². The maximum absolute atomic E-state index is 11.1. The van der Waals surface area contributed by atoms with Crippen LogP contribution in [0.3, 0.4) is 0 Å². The first kappa shape index (κ1) is 12.2. The fourth-order valence-corrected chi connectivity index (χ4v) is 1.61. The molecule has 0 aromatic carbocycles. The maximum atomic E-state index is 11.1. The molecule has 18 heavy (non-hydrogen) atoms. The number of nitrogens with one attached hydrogen (secondary N) is 1. The van der Waals surface area contributed by atoms with Gasteiger partial charge in [-0.2, -0.15) is 0 Å². The number of hydrogen-bond acceptors (Lipinski definition) is 5. The Hall–Kier alpha value is -2.24. The minimum atomic E-state index is -0.897. The maximum Gasteiger partial charge on any atom is 0.326 e. The number of aliphatic carboxylic acids is 1. The van der Waals surface area contributed by atoms with Crippen molar-refractivity contribution in [2.45, 2.75) is 19.9 Å². The van der Waals surface area contributed by atoms with Gasteiger partial charge in [-0.05, 0) is 18.1 Å². The number of pyridine rings is 1. The van der Waals surface area contributed by atoms with Gasteiger partial charge in [0, 0.05) is 12.4 Å². The van der Waals surface area contributed by atoms with Crippen molar-refractivity contribution in [2.75, 3.05) is 5.32 Å². The van der Waals surface area contributed by atoms with Crippen LogP contribution in [0.15, 0.2) is 24.5 Å². The second-order valence-corrected chi connectivity index (χ2v) is 4.30. The molecule has 0 radical (unpaired) electrons. The normalized spacial score (nSPS) is 12.6. The Bertz CT molecular complexity index is 571. The molecule has 6 nitrogen and oxygen atoms in total. The van der Waals surface area contributed by atoms with Gasteiger partial charge in [-0.1, -0.05) is 13.8 Å². The number of nitrogens with zero attached hydrogens (tertiary/aromatic N) is 3. The highest BCUT2D eigenvalue weighted by atomic mass is 16.4. The number of carboxylic acids is 1. The van der Waals surface area contributed by atoms with Crippen LogP contribution in [0.1, 0.15) is 13.8 Å². The van der Waals surface area contributed by atoms with Gasteiger partial charge in [0.1, 0.15) is 17.4 Å². The molecule has 0 aliphatic rings. The number of hydrogen-bond donors (Lipinski definition) is 2. The Kier molecular flexibility index (Phi) is 3.36. The predicted molar refractivity (Wildman–Crippen MR) is 67.2 cm³/mol. The van der Waals surface area contributed by atoms with Crippen molar-refractivity contribution in [3.8, 4) is 0 Å². The van der Waals surface area contributed by atoms with Crippen LogP contribution >= 0.6 is 0 Å². The molecular formula is C12H14N4O2. The molecule has 2 aromatic heterocycles. The average Bonchev–Trinajstić information content (AvgIpc) is 2.35. The zero-order valence-corrected chi connectivity index (χ0v) is 10.2. The van der Waals surface area contributed by atoms with E-state index in [0.29, 0.717) is 17.0 Å². The van der Waals surface area contributed by atoms with Crippen LogP contribution in [-0.4, -0.2) is 32.1 Å². The largest absolute Gasteiger partial charge is 0.480 e. The van der Waals surface area contributed by atoms with Crippen molar-refractivity contribution in [2.24, 2.45) is 5.92 Å². The molecule has 0 amide bonds. The summed E-state index contributed by atoms with van der Waals surface area (Å²) in [6, 6.07) is 2.79. The van der Waals surface area contributed by atoms with Gasteiger partial charge >= 0.3 is 5.97 Å². The van der Waals surface area contributed by atoms with Gasteiger partial charge in [-0.15, -0.1) is 0 Å². The van der Waals surface area contributed by atoms with Gasteiger partial charge in [0.15, 0.2) is 5.65 Å². The summed E-state index contributed by atoms with van der Waals surface area (Å²) in [6.45, 7) is 3.68. The zero-order chi connectivity index (χ0) is 13.1. The van der Waals surface area contributed by atoms with Crippen LogP contribution in [0, 0.1) is 5.92 Å². The van der Waals surface area contributed by atoms with E-state index in [1.165, 1.54) is 0 Å². The molecular weight excluding hydrogens is 232 g/mol. The fourth-order valence-electron chi connectivity index (χ4n) is 1.61. The van der Waals surface area contributed by atoms with Gasteiger partial charge < -0.3 is 10.4 Å². The molecule has 2 aromatic rings. The third kappa shape index (κ3) is 2.53. The van der Waals surface area contributed by atoms with Crippen molar-refractivity contribution in [3.63, 3.8) is 0 Å². The monoisotopic (exact) mass is 246 g/mol. The highest BCUT2D eigenvalue weighted by molar-refractivity contribution is 5.78. The van der Waals surface area contributed by atoms with Gasteiger partial charge in [-0.3, -0.25) is 4.98 Å². The van der Waals surface area contributed by atoms with E-state index in [1.807, 2.05) is 13.8 Å². The van der Waals surface area contributed by atoms with Crippen molar-refractivity contribution in [1.82, 2.24) is 15.0 Å². The SMILES string of the molecule is CC(C)C(Nc1ccc2nccnc2n1)C(=O)O. The average molecular weight is 246 g/mol. The molecule has 2 heterocycles. The van der Waals surface area contributed by atoms with Crippen LogP contribution in [0.25, 0.3) is 11.2 Å². The van der Waals surface area contributed by atoms with E-state index in [9.17, 15) is 4.79 Å². The summed E-state index contributed by atoms with van der Waals surface area (Å²) >= 11 is 0. The minimum Gasteiger partial charge on any atom is -0.480 e. The molecule has 0 aliphatic carbocycles. The second-order valence-electron chi connectivity index (χ2n) is 4.30. The van der Waals surface area contributed by atoms with E-state index in [1.54, 1.807) is 24.5 Å². The van der Waals surface area contributed by atoms with Crippen LogP contribution in [0.5, 0.6) is 0 Å². The molecule has 0 saturated carbocycles. The quantitative estimate of drug-likeness (QED) is 0.850. The first-order valence-corrected chi connectivity index (χ1v) is 5.65. The lowest BCUT2D eigenvalue weighted by Crippen LogP contribution is -2.34. The van der Waals surface area contributed by atoms with Crippen molar-refractivity contribution >= 4 is 23.0 Å². The number of carbonyl (C=O) groups is 1. The lowest BCUT2D eigenvalue weighted by molar-refractivity contribution is -0.138. The molecule has 2 N–H and O–H groups in total. The molecule has 0 bridgehead atoms. The first-order chi connectivity index (χ1) is 8.58. The zero-order valence-electron chi connectivity index (χ0n) is 10.2. The Balaban J connectivity index is 2.28. The molecule has 0 fully saturated rings. The van der Waals surface area contributed by atoms with Crippen molar-refractivity contribution in [3.05, 3.63) is 24.5 Å². The van der Waals surface area contributed by atoms with Crippen LogP contribution in [0.2, 0.25) is 0 Å². The Labute approximate surface area is 104 Å². The first-order valence-electron chi connectivity index (χ1n) is 5.65. The highest BCUT2D eigenvalue weighted by Gasteiger charge is 2.21. The number of rotatable bonds is 4. The molecule has 6 heteroatoms. The number of carboxylic acid groups (broad SMARTS) is 1. The summed E-state index contributed by atoms with van der Waals surface area (Å²) in [7, 11) is 0. The summed E-state index contributed by atoms with van der Waals surface area (Å²) < 4.78 is 0. The molecule has 0 saturated heterocycles. The van der Waals surface area contributed by atoms with E-state index in [4.69, 9.17) is 5.11 Å². The number of aromatic nitrogens is 3. The van der Waals surface area contributed by atoms with E-state index >= 15 is 0 Å². The lowest BCUT2D eigenvalue weighted by Gasteiger charge is -2.18. The number of fused-ring (bicyclic) bond motifs is 1. The summed E-state index contributed by atoms with van der Waals surface area (Å²) in [5.41, 5.74) is 1.18. The predicted octanol–water partition coefficient (Wildman–Crippen LogP) is 1.55. The Morgan fingerprint density at radius 2 is 2.00 bits per heavy atom. The van der Waals surface area contributed by atoms with Crippen molar-refractivity contribution < 1.29 is 9.90 Å². The summed E-state index contributed by atoms with van der Waals surface area (Å²) in [4.78, 5) is 23.5. The standard InChI is InChI=1S/C12H14N4O2/c1-7(2)10(12(17)18)15-9-4-3-8-11(16-9)14-6-5-13-8/h3-7,10H,1-2H3,(H,17,18)(H,14,15,16). The third-order valence-electron chi connectivity index (χ3n) is 2.57. The van der Waals surface area contributed by atoms with Gasteiger partial charge in [0.2, 0.25) is 0 Å². The molecule has 0 aliphatic heterocycles. The topological polar surface area (TPSA) is 88.0 Å². The molecule has 2 rings (SSSR count).